The summed E-state index contributed by atoms with van der Waals surface area (Å²) >= 11 is 0. The maximum Gasteiger partial charge on any atom is 0.361 e. The third-order valence-electron chi connectivity index (χ3n) is 7.30. The second-order valence-corrected chi connectivity index (χ2v) is 9.47. The number of aryl methyl sites for hydroxylation is 6. The van der Waals surface area contributed by atoms with E-state index in [4.69, 9.17) is 4.42 Å². The minimum atomic E-state index is -0.429. The summed E-state index contributed by atoms with van der Waals surface area (Å²) in [6.07, 6.45) is 0.817. The molecule has 0 spiro atoms. The Labute approximate surface area is 275 Å². The van der Waals surface area contributed by atoms with E-state index in [1.165, 1.54) is 22.8 Å². The Morgan fingerprint density at radius 1 is 0.833 bits per heavy atom. The van der Waals surface area contributed by atoms with E-state index in [2.05, 4.69) is 30.5 Å². The molecule has 0 bridgehead atoms. The van der Waals surface area contributed by atoms with Crippen molar-refractivity contribution in [2.75, 3.05) is 0 Å². The SMILES string of the molecule is Cc1cc2c(cc1C)-c1c(-c3ccc(C)c(O)c3)c3c4cc(C)c(O)cc4oc(=O)c3n1CC2.[Pr].[Pr]. The predicted molar refractivity (Wildman–Crippen MR) is 135 cm³/mol. The molecule has 6 rings (SSSR count). The molecule has 2 N–H and O–H groups in total. The first-order chi connectivity index (χ1) is 16.2. The largest absolute Gasteiger partial charge is 0.508 e. The molecule has 0 saturated heterocycles. The predicted octanol–water partition coefficient (Wildman–Crippen LogP) is 6.28. The third-order valence-corrected chi connectivity index (χ3v) is 7.30. The molecule has 0 amide bonds. The maximum atomic E-state index is 13.3. The van der Waals surface area contributed by atoms with E-state index in [1.54, 1.807) is 6.07 Å². The van der Waals surface area contributed by atoms with Crippen LogP contribution < -0.4 is 5.63 Å². The Bertz CT molecular complexity index is 1750. The minimum Gasteiger partial charge on any atom is -0.508 e. The Kier molecular flexibility index (Phi) is 7.81. The number of hydrogen-bond donors (Lipinski definition) is 2. The fraction of sp³-hybridized carbons (Fsp3) is 0.207. The van der Waals surface area contributed by atoms with Crippen LogP contribution >= 0.6 is 0 Å². The van der Waals surface area contributed by atoms with Gasteiger partial charge in [-0.15, -0.1) is 0 Å². The summed E-state index contributed by atoms with van der Waals surface area (Å²) < 4.78 is 7.79. The zero-order chi connectivity index (χ0) is 23.9. The molecule has 176 valence electrons. The molecule has 3 aromatic carbocycles. The molecule has 2 radical (unpaired) electrons. The van der Waals surface area contributed by atoms with Gasteiger partial charge >= 0.3 is 5.63 Å². The minimum absolute atomic E-state index is 0. The summed E-state index contributed by atoms with van der Waals surface area (Å²) in [5.41, 5.74) is 9.42. The summed E-state index contributed by atoms with van der Waals surface area (Å²) in [5, 5.41) is 22.4. The topological polar surface area (TPSA) is 75.6 Å². The molecule has 2 aromatic heterocycles. The molecule has 0 fully saturated rings. The fourth-order valence-corrected chi connectivity index (χ4v) is 5.28. The molecule has 0 unspecified atom stereocenters. The summed E-state index contributed by atoms with van der Waals surface area (Å²) in [4.78, 5) is 13.3. The second-order valence-electron chi connectivity index (χ2n) is 9.47. The van der Waals surface area contributed by atoms with Crippen molar-refractivity contribution >= 4 is 21.9 Å². The molecule has 1 aliphatic heterocycles. The number of phenols is 2. The number of aromatic hydroxyl groups is 2. The van der Waals surface area contributed by atoms with Crippen LogP contribution in [0.2, 0.25) is 0 Å². The Balaban J connectivity index is 0.00000152. The Hall–Kier alpha value is -1.26. The van der Waals surface area contributed by atoms with E-state index in [0.717, 1.165) is 45.1 Å². The molecule has 0 saturated carbocycles. The van der Waals surface area contributed by atoms with E-state index in [0.29, 0.717) is 23.2 Å². The van der Waals surface area contributed by atoms with Gasteiger partial charge in [-0.25, -0.2) is 4.79 Å². The zero-order valence-corrected chi connectivity index (χ0v) is 28.2. The first-order valence-corrected chi connectivity index (χ1v) is 11.5. The van der Waals surface area contributed by atoms with Crippen LogP contribution in [0.5, 0.6) is 11.5 Å². The number of aromatic nitrogens is 1. The Morgan fingerprint density at radius 2 is 1.53 bits per heavy atom. The van der Waals surface area contributed by atoms with Gasteiger partial charge in [-0.2, -0.15) is 0 Å². The second kappa shape index (κ2) is 10.1. The number of rotatable bonds is 1. The van der Waals surface area contributed by atoms with Gasteiger partial charge in [0.25, 0.3) is 0 Å². The van der Waals surface area contributed by atoms with Gasteiger partial charge in [0.2, 0.25) is 0 Å². The van der Waals surface area contributed by atoms with Crippen LogP contribution in [-0.4, -0.2) is 14.8 Å². The monoisotopic (exact) mass is 733 g/mol. The summed E-state index contributed by atoms with van der Waals surface area (Å²) in [5.74, 6) is 0.299. The number of phenolic OH excluding ortho intramolecular Hbond substituents is 2. The standard InChI is InChI=1S/C29H25NO4.2Pr/c1-14-5-6-19(12-22(14)31)25-26-21-11-17(4)23(32)13-24(21)34-29(33)28(26)30-8-7-18-9-15(2)16(3)10-20(18)27(25)30;;/h5-6,9-13,31-32H,7-8H2,1-4H3;;. The number of nitrogens with zero attached hydrogens (tertiary/aromatic N) is 1. The van der Waals surface area contributed by atoms with Gasteiger partial charge in [0.1, 0.15) is 22.6 Å². The Morgan fingerprint density at radius 3 is 2.25 bits per heavy atom. The van der Waals surface area contributed by atoms with Crippen LogP contribution in [0.25, 0.3) is 44.3 Å². The summed E-state index contributed by atoms with van der Waals surface area (Å²) in [7, 11) is 0. The summed E-state index contributed by atoms with van der Waals surface area (Å²) in [6.45, 7) is 8.58. The number of fused-ring (bicyclic) bond motifs is 7. The van der Waals surface area contributed by atoms with Gasteiger partial charge in [0.15, 0.2) is 0 Å². The molecule has 3 heterocycles. The van der Waals surface area contributed by atoms with Crippen LogP contribution in [0.1, 0.15) is 27.8 Å². The van der Waals surface area contributed by atoms with E-state index < -0.39 is 5.63 Å². The molecule has 5 nitrogen and oxygen atoms in total. The van der Waals surface area contributed by atoms with Gasteiger partial charge in [-0.3, -0.25) is 0 Å². The van der Waals surface area contributed by atoms with E-state index in [-0.39, 0.29) is 94.1 Å². The van der Waals surface area contributed by atoms with Crippen molar-refractivity contribution in [2.45, 2.75) is 40.7 Å². The van der Waals surface area contributed by atoms with Crippen molar-refractivity contribution in [1.29, 1.82) is 0 Å². The fourth-order valence-electron chi connectivity index (χ4n) is 5.28. The van der Waals surface area contributed by atoms with Crippen molar-refractivity contribution in [3.63, 3.8) is 0 Å². The quantitative estimate of drug-likeness (QED) is 0.199. The van der Waals surface area contributed by atoms with Crippen LogP contribution in [0.15, 0.2) is 51.7 Å². The van der Waals surface area contributed by atoms with E-state index in [9.17, 15) is 15.0 Å². The normalized spacial score (nSPS) is 12.1. The van der Waals surface area contributed by atoms with Gasteiger partial charge in [0.05, 0.1) is 5.69 Å². The molecule has 36 heavy (non-hydrogen) atoms. The van der Waals surface area contributed by atoms with Gasteiger partial charge in [-0.1, -0.05) is 18.2 Å². The molecular weight excluding hydrogens is 708 g/mol. The van der Waals surface area contributed by atoms with Crippen molar-refractivity contribution < 1.29 is 97.2 Å². The molecule has 7 heteroatoms. The zero-order valence-electron chi connectivity index (χ0n) is 20.8. The van der Waals surface area contributed by atoms with E-state index >= 15 is 0 Å². The number of benzene rings is 3. The first kappa shape index (κ1) is 27.8. The molecular formula is C29H25NO4Pr2. The van der Waals surface area contributed by atoms with Gasteiger partial charge < -0.3 is 19.2 Å². The molecule has 0 aliphatic carbocycles. The molecule has 0 atom stereocenters. The smallest absolute Gasteiger partial charge is 0.361 e. The molecule has 5 aromatic rings. The van der Waals surface area contributed by atoms with Crippen LogP contribution in [-0.2, 0) is 13.0 Å². The number of hydrogen-bond acceptors (Lipinski definition) is 4. The molecule has 1 aliphatic rings. The van der Waals surface area contributed by atoms with Gasteiger partial charge in [-0.05, 0) is 85.7 Å². The summed E-state index contributed by atoms with van der Waals surface area (Å²) in [6, 6.07) is 13.5. The first-order valence-electron chi connectivity index (χ1n) is 11.5. The third kappa shape index (κ3) is 4.19. The average Bonchev–Trinajstić information content (AvgIpc) is 3.14. The van der Waals surface area contributed by atoms with Crippen molar-refractivity contribution in [1.82, 2.24) is 4.57 Å². The van der Waals surface area contributed by atoms with Crippen molar-refractivity contribution in [3.05, 3.63) is 80.7 Å². The van der Waals surface area contributed by atoms with Crippen molar-refractivity contribution in [3.8, 4) is 33.9 Å². The maximum absolute atomic E-state index is 13.3. The van der Waals surface area contributed by atoms with Gasteiger partial charge in [0, 0.05) is 117 Å². The average molecular weight is 733 g/mol. The van der Waals surface area contributed by atoms with Crippen LogP contribution in [0.4, 0.5) is 0 Å². The van der Waals surface area contributed by atoms with E-state index in [1.807, 2.05) is 32.0 Å². The van der Waals surface area contributed by atoms with Crippen molar-refractivity contribution in [2.24, 2.45) is 0 Å². The van der Waals surface area contributed by atoms with Crippen LogP contribution in [0.3, 0.4) is 0 Å². The van der Waals surface area contributed by atoms with Crippen LogP contribution in [0, 0.1) is 110 Å².